The van der Waals surface area contributed by atoms with Gasteiger partial charge in [-0.1, -0.05) is 68.5 Å². The number of hydrogen-bond acceptors (Lipinski definition) is 3. The van der Waals surface area contributed by atoms with E-state index in [4.69, 9.17) is 4.74 Å². The van der Waals surface area contributed by atoms with Crippen LogP contribution in [-0.2, 0) is 4.74 Å². The lowest BCUT2D eigenvalue weighted by Crippen LogP contribution is -2.27. The standard InChI is InChI=1S/C23H27NO3/c1-16(17(2)25)9-7-8-14-24-23(26)27-15-22-20-12-5-3-10-18(20)19-11-4-6-13-21(19)22/h3-6,10-13,16,22,25H,2,7-9,14-15H2,1H3,(H,24,26). The molecular weight excluding hydrogens is 338 g/mol. The highest BCUT2D eigenvalue weighted by Crippen LogP contribution is 2.44. The van der Waals surface area contributed by atoms with Crippen LogP contribution in [-0.4, -0.2) is 24.4 Å². The quantitative estimate of drug-likeness (QED) is 0.486. The largest absolute Gasteiger partial charge is 0.513 e. The lowest BCUT2D eigenvalue weighted by Gasteiger charge is -2.14. The first kappa shape index (κ1) is 19.0. The molecule has 2 aromatic rings. The zero-order chi connectivity index (χ0) is 19.2. The van der Waals surface area contributed by atoms with Crippen molar-refractivity contribution in [2.24, 2.45) is 5.92 Å². The molecule has 0 radical (unpaired) electrons. The molecule has 1 aliphatic rings. The van der Waals surface area contributed by atoms with Gasteiger partial charge in [0.2, 0.25) is 0 Å². The number of hydrogen-bond donors (Lipinski definition) is 2. The zero-order valence-corrected chi connectivity index (χ0v) is 15.8. The number of aliphatic hydroxyl groups excluding tert-OH is 1. The second kappa shape index (κ2) is 8.76. The van der Waals surface area contributed by atoms with Crippen LogP contribution in [0.4, 0.5) is 4.79 Å². The molecule has 142 valence electrons. The molecule has 4 heteroatoms. The van der Waals surface area contributed by atoms with Gasteiger partial charge in [0, 0.05) is 18.4 Å². The Morgan fingerprint density at radius 3 is 2.30 bits per heavy atom. The molecule has 0 spiro atoms. The highest BCUT2D eigenvalue weighted by atomic mass is 16.5. The van der Waals surface area contributed by atoms with Crippen LogP contribution in [0.3, 0.4) is 0 Å². The predicted octanol–water partition coefficient (Wildman–Crippen LogP) is 5.40. The van der Waals surface area contributed by atoms with Gasteiger partial charge in [-0.3, -0.25) is 0 Å². The van der Waals surface area contributed by atoms with Gasteiger partial charge in [0.25, 0.3) is 0 Å². The van der Waals surface area contributed by atoms with Crippen molar-refractivity contribution < 1.29 is 14.6 Å². The van der Waals surface area contributed by atoms with Crippen molar-refractivity contribution in [1.82, 2.24) is 5.32 Å². The molecule has 1 unspecified atom stereocenters. The van der Waals surface area contributed by atoms with Crippen LogP contribution < -0.4 is 5.32 Å². The second-order valence-corrected chi connectivity index (χ2v) is 7.14. The zero-order valence-electron chi connectivity index (χ0n) is 15.8. The van der Waals surface area contributed by atoms with Crippen molar-refractivity contribution in [1.29, 1.82) is 0 Å². The van der Waals surface area contributed by atoms with Crippen molar-refractivity contribution in [3.63, 3.8) is 0 Å². The summed E-state index contributed by atoms with van der Waals surface area (Å²) < 4.78 is 5.50. The van der Waals surface area contributed by atoms with Gasteiger partial charge in [0.1, 0.15) is 6.61 Å². The molecule has 0 aromatic heterocycles. The van der Waals surface area contributed by atoms with Crippen LogP contribution in [0.5, 0.6) is 0 Å². The maximum absolute atomic E-state index is 12.0. The van der Waals surface area contributed by atoms with E-state index in [0.29, 0.717) is 13.2 Å². The van der Waals surface area contributed by atoms with Crippen LogP contribution in [0.1, 0.15) is 43.2 Å². The topological polar surface area (TPSA) is 58.6 Å². The monoisotopic (exact) mass is 365 g/mol. The van der Waals surface area contributed by atoms with E-state index >= 15 is 0 Å². The van der Waals surface area contributed by atoms with E-state index in [1.807, 2.05) is 31.2 Å². The molecule has 0 aliphatic heterocycles. The third-order valence-electron chi connectivity index (χ3n) is 5.25. The fourth-order valence-electron chi connectivity index (χ4n) is 3.58. The van der Waals surface area contributed by atoms with Gasteiger partial charge in [-0.2, -0.15) is 0 Å². The number of ether oxygens (including phenoxy) is 1. The number of nitrogens with one attached hydrogen (secondary N) is 1. The van der Waals surface area contributed by atoms with Gasteiger partial charge in [0.15, 0.2) is 0 Å². The molecule has 2 N–H and O–H groups in total. The van der Waals surface area contributed by atoms with E-state index in [9.17, 15) is 9.90 Å². The Morgan fingerprint density at radius 1 is 1.11 bits per heavy atom. The minimum atomic E-state index is -0.378. The number of unbranched alkanes of at least 4 members (excludes halogenated alkanes) is 1. The van der Waals surface area contributed by atoms with Crippen molar-refractivity contribution in [2.75, 3.05) is 13.2 Å². The van der Waals surface area contributed by atoms with Crippen molar-refractivity contribution in [3.8, 4) is 11.1 Å². The average molecular weight is 365 g/mol. The summed E-state index contributed by atoms with van der Waals surface area (Å²) in [5.74, 6) is 0.401. The highest BCUT2D eigenvalue weighted by molar-refractivity contribution is 5.79. The van der Waals surface area contributed by atoms with Crippen molar-refractivity contribution in [3.05, 3.63) is 72.0 Å². The van der Waals surface area contributed by atoms with Gasteiger partial charge >= 0.3 is 6.09 Å². The Balaban J connectivity index is 1.48. The molecule has 0 saturated carbocycles. The van der Waals surface area contributed by atoms with E-state index in [-0.39, 0.29) is 23.7 Å². The smallest absolute Gasteiger partial charge is 0.407 e. The fourth-order valence-corrected chi connectivity index (χ4v) is 3.58. The van der Waals surface area contributed by atoms with Crippen molar-refractivity contribution in [2.45, 2.75) is 32.1 Å². The molecule has 0 heterocycles. The summed E-state index contributed by atoms with van der Waals surface area (Å²) in [5, 5.41) is 12.1. The lowest BCUT2D eigenvalue weighted by atomic mass is 9.98. The first-order valence-corrected chi connectivity index (χ1v) is 9.54. The molecule has 0 saturated heterocycles. The van der Waals surface area contributed by atoms with Gasteiger partial charge in [-0.25, -0.2) is 4.79 Å². The molecule has 1 amide bonds. The number of allylic oxidation sites excluding steroid dienone is 1. The minimum Gasteiger partial charge on any atom is -0.513 e. The number of carbonyl (C=O) groups excluding carboxylic acids is 1. The van der Waals surface area contributed by atoms with Gasteiger partial charge in [0.05, 0.1) is 5.76 Å². The first-order valence-electron chi connectivity index (χ1n) is 9.54. The molecule has 0 bridgehead atoms. The summed E-state index contributed by atoms with van der Waals surface area (Å²) in [6.07, 6.45) is 2.25. The molecule has 2 aromatic carbocycles. The van der Waals surface area contributed by atoms with E-state index < -0.39 is 0 Å². The Morgan fingerprint density at radius 2 is 1.70 bits per heavy atom. The Labute approximate surface area is 160 Å². The number of amides is 1. The van der Waals surface area contributed by atoms with Crippen LogP contribution in [0, 0.1) is 5.92 Å². The summed E-state index contributed by atoms with van der Waals surface area (Å²) in [6.45, 7) is 6.39. The third-order valence-corrected chi connectivity index (χ3v) is 5.25. The summed E-state index contributed by atoms with van der Waals surface area (Å²) >= 11 is 0. The molecule has 27 heavy (non-hydrogen) atoms. The summed E-state index contributed by atoms with van der Waals surface area (Å²) in [5.41, 5.74) is 4.87. The number of benzene rings is 2. The first-order chi connectivity index (χ1) is 13.1. The van der Waals surface area contributed by atoms with Crippen LogP contribution in [0.25, 0.3) is 11.1 Å². The maximum Gasteiger partial charge on any atom is 0.407 e. The van der Waals surface area contributed by atoms with Crippen LogP contribution in [0.15, 0.2) is 60.9 Å². The van der Waals surface area contributed by atoms with E-state index in [0.717, 1.165) is 19.3 Å². The maximum atomic E-state index is 12.0. The van der Waals surface area contributed by atoms with Gasteiger partial charge in [-0.15, -0.1) is 0 Å². The van der Waals surface area contributed by atoms with Gasteiger partial charge in [-0.05, 0) is 35.1 Å². The number of alkyl carbamates (subject to hydrolysis) is 1. The number of rotatable bonds is 8. The molecule has 1 atom stereocenters. The molecular formula is C23H27NO3. The van der Waals surface area contributed by atoms with Gasteiger partial charge < -0.3 is 15.2 Å². The van der Waals surface area contributed by atoms with E-state index in [2.05, 4.69) is 36.2 Å². The SMILES string of the molecule is C=C(O)C(C)CCCCNC(=O)OCC1c2ccccc2-c2ccccc21. The van der Waals surface area contributed by atoms with E-state index in [1.54, 1.807) is 0 Å². The molecule has 1 aliphatic carbocycles. The normalized spacial score (nSPS) is 13.5. The Bertz CT molecular complexity index is 769. The third kappa shape index (κ3) is 4.51. The molecule has 0 fully saturated rings. The second-order valence-electron chi connectivity index (χ2n) is 7.14. The van der Waals surface area contributed by atoms with E-state index in [1.165, 1.54) is 22.3 Å². The fraction of sp³-hybridized carbons (Fsp3) is 0.348. The molecule has 3 rings (SSSR count). The van der Waals surface area contributed by atoms with Crippen LogP contribution in [0.2, 0.25) is 0 Å². The lowest BCUT2D eigenvalue weighted by molar-refractivity contribution is 0.143. The number of aliphatic hydroxyl groups is 1. The number of fused-ring (bicyclic) bond motifs is 3. The number of carbonyl (C=O) groups is 1. The minimum absolute atomic E-state index is 0.0829. The molecule has 4 nitrogen and oxygen atoms in total. The summed E-state index contributed by atoms with van der Waals surface area (Å²) in [4.78, 5) is 12.0. The summed E-state index contributed by atoms with van der Waals surface area (Å²) in [6, 6.07) is 16.6. The predicted molar refractivity (Wildman–Crippen MR) is 108 cm³/mol. The summed E-state index contributed by atoms with van der Waals surface area (Å²) in [7, 11) is 0. The van der Waals surface area contributed by atoms with Crippen LogP contribution >= 0.6 is 0 Å². The van der Waals surface area contributed by atoms with Crippen molar-refractivity contribution >= 4 is 6.09 Å². The Hall–Kier alpha value is -2.75. The average Bonchev–Trinajstić information content (AvgIpc) is 3.00. The Kier molecular flexibility index (Phi) is 6.17. The highest BCUT2D eigenvalue weighted by Gasteiger charge is 2.28.